The quantitative estimate of drug-likeness (QED) is 0.0262. The number of allylic oxidation sites excluding steroid dienone is 2. The van der Waals surface area contributed by atoms with E-state index in [2.05, 4.69) is 31.3 Å². The van der Waals surface area contributed by atoms with Crippen LogP contribution in [0.2, 0.25) is 0 Å². The normalized spacial score (nSPS) is 20.6. The van der Waals surface area contributed by atoms with Gasteiger partial charge in [0.05, 0.1) is 25.4 Å². The Labute approximate surface area is 369 Å². The molecular formula is C51H99NO8. The van der Waals surface area contributed by atoms with Gasteiger partial charge in [-0.25, -0.2) is 0 Å². The van der Waals surface area contributed by atoms with Gasteiger partial charge in [0.1, 0.15) is 24.4 Å². The minimum atomic E-state index is -1.55. The molecule has 1 rings (SSSR count). The molecule has 1 aliphatic rings. The number of aliphatic hydroxyl groups is 5. The van der Waals surface area contributed by atoms with Crippen LogP contribution < -0.4 is 5.32 Å². The molecule has 1 aliphatic heterocycles. The number of carbonyl (C=O) groups is 1. The Morgan fingerprint density at radius 1 is 0.550 bits per heavy atom. The van der Waals surface area contributed by atoms with Crippen molar-refractivity contribution in [2.75, 3.05) is 13.2 Å². The summed E-state index contributed by atoms with van der Waals surface area (Å²) in [6, 6.07) is -0.712. The molecule has 0 spiro atoms. The summed E-state index contributed by atoms with van der Waals surface area (Å²) in [6.45, 7) is 3.81. The van der Waals surface area contributed by atoms with Gasteiger partial charge in [-0.05, 0) is 38.5 Å². The average Bonchev–Trinajstić information content (AvgIpc) is 3.25. The highest BCUT2D eigenvalue weighted by molar-refractivity contribution is 5.76. The largest absolute Gasteiger partial charge is 0.394 e. The molecule has 7 atom stereocenters. The lowest BCUT2D eigenvalue weighted by molar-refractivity contribution is -0.302. The maximum absolute atomic E-state index is 13.0. The standard InChI is InChI=1S/C51H99NO8/c1-3-5-7-9-11-13-14-15-16-17-18-19-20-21-22-23-24-25-26-27-28-29-30-31-32-33-35-37-39-41-47(55)52-44(45(54)40-38-36-34-12-10-8-6-4-2)43-59-51-50(58)49(57)48(56)46(42-53)60-51/h17-18,44-46,48-51,53-54,56-58H,3-16,19-43H2,1-2H3,(H,52,55)/b18-17-. The van der Waals surface area contributed by atoms with Gasteiger partial charge in [0, 0.05) is 6.42 Å². The number of ether oxygens (including phenoxy) is 2. The van der Waals surface area contributed by atoms with E-state index in [9.17, 15) is 30.3 Å². The Morgan fingerprint density at radius 2 is 0.933 bits per heavy atom. The summed E-state index contributed by atoms with van der Waals surface area (Å²) >= 11 is 0. The summed E-state index contributed by atoms with van der Waals surface area (Å²) in [7, 11) is 0. The summed E-state index contributed by atoms with van der Waals surface area (Å²) in [4.78, 5) is 13.0. The number of amides is 1. The second kappa shape index (κ2) is 41.9. The molecule has 1 amide bonds. The molecule has 0 radical (unpaired) electrons. The van der Waals surface area contributed by atoms with E-state index in [0.29, 0.717) is 12.8 Å². The molecule has 9 heteroatoms. The van der Waals surface area contributed by atoms with Crippen LogP contribution in [0.3, 0.4) is 0 Å². The van der Waals surface area contributed by atoms with Crippen LogP contribution in [-0.4, -0.2) is 87.5 Å². The minimum Gasteiger partial charge on any atom is -0.394 e. The summed E-state index contributed by atoms with van der Waals surface area (Å²) < 4.78 is 11.2. The molecule has 0 aromatic carbocycles. The van der Waals surface area contributed by atoms with Crippen molar-refractivity contribution in [3.8, 4) is 0 Å². The van der Waals surface area contributed by atoms with E-state index in [1.165, 1.54) is 186 Å². The summed E-state index contributed by atoms with van der Waals surface area (Å²) in [6.07, 6.45) is 42.7. The highest BCUT2D eigenvalue weighted by Gasteiger charge is 2.44. The smallest absolute Gasteiger partial charge is 0.220 e. The van der Waals surface area contributed by atoms with Crippen molar-refractivity contribution in [1.29, 1.82) is 0 Å². The molecule has 0 aromatic heterocycles. The first-order valence-electron chi connectivity index (χ1n) is 25.9. The molecule has 9 nitrogen and oxygen atoms in total. The zero-order valence-electron chi connectivity index (χ0n) is 39.2. The van der Waals surface area contributed by atoms with Crippen molar-refractivity contribution in [3.63, 3.8) is 0 Å². The number of unbranched alkanes of at least 4 members (excludes halogenated alkanes) is 32. The van der Waals surface area contributed by atoms with Gasteiger partial charge in [0.2, 0.25) is 5.91 Å². The lowest BCUT2D eigenvalue weighted by Gasteiger charge is -2.40. The first-order valence-corrected chi connectivity index (χ1v) is 25.9. The molecule has 1 saturated heterocycles. The number of hydrogen-bond donors (Lipinski definition) is 6. The molecule has 7 unspecified atom stereocenters. The number of hydrogen-bond acceptors (Lipinski definition) is 8. The van der Waals surface area contributed by atoms with Gasteiger partial charge < -0.3 is 40.3 Å². The molecule has 0 saturated carbocycles. The zero-order valence-corrected chi connectivity index (χ0v) is 39.2. The zero-order chi connectivity index (χ0) is 43.7. The monoisotopic (exact) mass is 854 g/mol. The molecule has 60 heavy (non-hydrogen) atoms. The van der Waals surface area contributed by atoms with Crippen LogP contribution in [0, 0.1) is 0 Å². The van der Waals surface area contributed by atoms with E-state index in [0.717, 1.165) is 38.5 Å². The molecule has 0 aliphatic carbocycles. The van der Waals surface area contributed by atoms with Gasteiger partial charge in [-0.1, -0.05) is 219 Å². The molecule has 0 bridgehead atoms. The topological polar surface area (TPSA) is 149 Å². The second-order valence-electron chi connectivity index (χ2n) is 18.3. The Kier molecular flexibility index (Phi) is 39.8. The van der Waals surface area contributed by atoms with Crippen molar-refractivity contribution in [1.82, 2.24) is 5.32 Å². The Bertz CT molecular complexity index is 950. The van der Waals surface area contributed by atoms with Gasteiger partial charge in [-0.15, -0.1) is 0 Å². The van der Waals surface area contributed by atoms with Gasteiger partial charge in [-0.2, -0.15) is 0 Å². The van der Waals surface area contributed by atoms with Crippen molar-refractivity contribution in [3.05, 3.63) is 12.2 Å². The van der Waals surface area contributed by atoms with Crippen molar-refractivity contribution in [2.24, 2.45) is 0 Å². The Hall–Kier alpha value is -1.07. The van der Waals surface area contributed by atoms with Gasteiger partial charge in [0.25, 0.3) is 0 Å². The van der Waals surface area contributed by atoms with Crippen molar-refractivity contribution in [2.45, 2.75) is 294 Å². The van der Waals surface area contributed by atoms with Gasteiger partial charge in [-0.3, -0.25) is 4.79 Å². The number of aliphatic hydroxyl groups excluding tert-OH is 5. The summed E-state index contributed by atoms with van der Waals surface area (Å²) in [5.74, 6) is -0.143. The second-order valence-corrected chi connectivity index (χ2v) is 18.3. The minimum absolute atomic E-state index is 0.134. The highest BCUT2D eigenvalue weighted by atomic mass is 16.7. The van der Waals surface area contributed by atoms with Crippen LogP contribution >= 0.6 is 0 Å². The SMILES string of the molecule is CCCCCCCCCC/C=C\CCCCCCCCCCCCCCCCCCCC(=O)NC(COC1OC(CO)C(O)C(O)C1O)C(O)CCCCCCCCCC. The number of carbonyl (C=O) groups excluding carboxylic acids is 1. The van der Waals surface area contributed by atoms with Crippen LogP contribution in [0.25, 0.3) is 0 Å². The molecule has 6 N–H and O–H groups in total. The maximum atomic E-state index is 13.0. The van der Waals surface area contributed by atoms with E-state index in [1.807, 2.05) is 0 Å². The van der Waals surface area contributed by atoms with E-state index in [4.69, 9.17) is 9.47 Å². The van der Waals surface area contributed by atoms with Crippen molar-refractivity contribution >= 4 is 5.91 Å². The van der Waals surface area contributed by atoms with Crippen LogP contribution in [-0.2, 0) is 14.3 Å². The molecular weight excluding hydrogens is 755 g/mol. The molecule has 1 fully saturated rings. The third-order valence-corrected chi connectivity index (χ3v) is 12.6. The predicted octanol–water partition coefficient (Wildman–Crippen LogP) is 11.7. The van der Waals surface area contributed by atoms with Crippen LogP contribution in [0.5, 0.6) is 0 Å². The Balaban J connectivity index is 2.08. The highest BCUT2D eigenvalue weighted by Crippen LogP contribution is 2.23. The fraction of sp³-hybridized carbons (Fsp3) is 0.941. The number of nitrogens with one attached hydrogen (secondary N) is 1. The first kappa shape index (κ1) is 56.9. The average molecular weight is 854 g/mol. The van der Waals surface area contributed by atoms with E-state index in [-0.39, 0.29) is 12.5 Å². The van der Waals surface area contributed by atoms with Gasteiger partial charge in [0.15, 0.2) is 6.29 Å². The molecule has 0 aromatic rings. The van der Waals surface area contributed by atoms with Crippen LogP contribution in [0.1, 0.15) is 251 Å². The number of rotatable bonds is 44. The lowest BCUT2D eigenvalue weighted by atomic mass is 9.99. The van der Waals surface area contributed by atoms with Gasteiger partial charge >= 0.3 is 0 Å². The maximum Gasteiger partial charge on any atom is 0.220 e. The van der Waals surface area contributed by atoms with Crippen LogP contribution in [0.4, 0.5) is 0 Å². The fourth-order valence-corrected chi connectivity index (χ4v) is 8.45. The fourth-order valence-electron chi connectivity index (χ4n) is 8.45. The third-order valence-electron chi connectivity index (χ3n) is 12.6. The summed E-state index contributed by atoms with van der Waals surface area (Å²) in [5.41, 5.74) is 0. The van der Waals surface area contributed by atoms with E-state index < -0.39 is 49.5 Å². The Morgan fingerprint density at radius 3 is 1.35 bits per heavy atom. The van der Waals surface area contributed by atoms with Crippen LogP contribution in [0.15, 0.2) is 12.2 Å². The van der Waals surface area contributed by atoms with Crippen molar-refractivity contribution < 1.29 is 39.8 Å². The summed E-state index contributed by atoms with van der Waals surface area (Å²) in [5, 5.41) is 54.2. The molecule has 1 heterocycles. The lowest BCUT2D eigenvalue weighted by Crippen LogP contribution is -2.60. The first-order chi connectivity index (χ1) is 29.3. The van der Waals surface area contributed by atoms with E-state index in [1.54, 1.807) is 0 Å². The predicted molar refractivity (Wildman–Crippen MR) is 249 cm³/mol. The van der Waals surface area contributed by atoms with E-state index >= 15 is 0 Å². The molecule has 356 valence electrons. The third kappa shape index (κ3) is 31.7.